The van der Waals surface area contributed by atoms with Gasteiger partial charge in [-0.2, -0.15) is 13.2 Å². The minimum atomic E-state index is -4.89. The number of carbonyl (C=O) groups excluding carboxylic acids is 4. The standard InChI is InChI=1S/C19H19BrF3N3O4/c20-11-3-4-13-14(10-11)17(29)26(16(13)28)7-1-2-15(27)24-12-5-8-25(9-6-12)18(30)19(21,22)23/h3-4,10,12H,1-2,5-9H2,(H,24,27). The first-order valence-corrected chi connectivity index (χ1v) is 10.2. The summed E-state index contributed by atoms with van der Waals surface area (Å²) in [5, 5.41) is 2.74. The number of halogens is 4. The maximum atomic E-state index is 12.5. The van der Waals surface area contributed by atoms with Gasteiger partial charge in [0.15, 0.2) is 0 Å². The summed E-state index contributed by atoms with van der Waals surface area (Å²) >= 11 is 3.26. The quantitative estimate of drug-likeness (QED) is 0.643. The number of nitrogens with one attached hydrogen (secondary N) is 1. The Bertz CT molecular complexity index is 882. The Morgan fingerprint density at radius 2 is 1.73 bits per heavy atom. The van der Waals surface area contributed by atoms with E-state index in [1.54, 1.807) is 18.2 Å². The van der Waals surface area contributed by atoms with Crippen LogP contribution in [0.15, 0.2) is 22.7 Å². The average Bonchev–Trinajstić information content (AvgIpc) is 2.91. The van der Waals surface area contributed by atoms with Crippen LogP contribution in [-0.4, -0.2) is 65.3 Å². The van der Waals surface area contributed by atoms with Crippen LogP contribution in [0, 0.1) is 0 Å². The molecule has 30 heavy (non-hydrogen) atoms. The molecule has 3 rings (SSSR count). The number of amides is 4. The summed E-state index contributed by atoms with van der Waals surface area (Å²) in [5.74, 6) is -2.97. The van der Waals surface area contributed by atoms with Crippen LogP contribution in [0.5, 0.6) is 0 Å². The molecular weight excluding hydrogens is 471 g/mol. The van der Waals surface area contributed by atoms with Crippen LogP contribution in [0.3, 0.4) is 0 Å². The molecule has 2 heterocycles. The van der Waals surface area contributed by atoms with Crippen LogP contribution in [0.1, 0.15) is 46.4 Å². The maximum Gasteiger partial charge on any atom is 0.471 e. The molecular formula is C19H19BrF3N3O4. The second-order valence-corrected chi connectivity index (χ2v) is 8.10. The van der Waals surface area contributed by atoms with E-state index in [2.05, 4.69) is 21.2 Å². The fourth-order valence-corrected chi connectivity index (χ4v) is 3.93. The number of benzene rings is 1. The van der Waals surface area contributed by atoms with E-state index in [0.717, 1.165) is 9.80 Å². The van der Waals surface area contributed by atoms with Gasteiger partial charge in [0.2, 0.25) is 5.91 Å². The zero-order valence-corrected chi connectivity index (χ0v) is 17.4. The highest BCUT2D eigenvalue weighted by molar-refractivity contribution is 9.10. The zero-order chi connectivity index (χ0) is 22.1. The lowest BCUT2D eigenvalue weighted by Gasteiger charge is -2.32. The van der Waals surface area contributed by atoms with Crippen molar-refractivity contribution in [2.75, 3.05) is 19.6 Å². The van der Waals surface area contributed by atoms with Gasteiger partial charge in [-0.1, -0.05) is 15.9 Å². The van der Waals surface area contributed by atoms with Gasteiger partial charge in [-0.05, 0) is 37.5 Å². The van der Waals surface area contributed by atoms with Crippen molar-refractivity contribution in [3.05, 3.63) is 33.8 Å². The van der Waals surface area contributed by atoms with Crippen molar-refractivity contribution in [1.29, 1.82) is 0 Å². The number of hydrogen-bond donors (Lipinski definition) is 1. The first-order chi connectivity index (χ1) is 14.1. The molecule has 2 aliphatic rings. The van der Waals surface area contributed by atoms with Gasteiger partial charge < -0.3 is 10.2 Å². The van der Waals surface area contributed by atoms with Crippen LogP contribution < -0.4 is 5.32 Å². The van der Waals surface area contributed by atoms with Gasteiger partial charge in [0, 0.05) is 36.6 Å². The summed E-state index contributed by atoms with van der Waals surface area (Å²) in [4.78, 5) is 49.9. The summed E-state index contributed by atoms with van der Waals surface area (Å²) in [6.45, 7) is -0.0578. The van der Waals surface area contributed by atoms with Crippen molar-refractivity contribution < 1.29 is 32.3 Å². The monoisotopic (exact) mass is 489 g/mol. The smallest absolute Gasteiger partial charge is 0.353 e. The fraction of sp³-hybridized carbons (Fsp3) is 0.474. The van der Waals surface area contributed by atoms with Crippen LogP contribution in [0.25, 0.3) is 0 Å². The molecule has 0 saturated carbocycles. The first-order valence-electron chi connectivity index (χ1n) is 9.39. The van der Waals surface area contributed by atoms with Crippen molar-refractivity contribution in [3.8, 4) is 0 Å². The summed E-state index contributed by atoms with van der Waals surface area (Å²) in [6.07, 6.45) is -4.08. The highest BCUT2D eigenvalue weighted by atomic mass is 79.9. The Labute approximate surface area is 178 Å². The Kier molecular flexibility index (Phi) is 6.49. The van der Waals surface area contributed by atoms with Gasteiger partial charge in [0.1, 0.15) is 0 Å². The number of carbonyl (C=O) groups is 4. The molecule has 1 fully saturated rings. The lowest BCUT2D eigenvalue weighted by molar-refractivity contribution is -0.186. The lowest BCUT2D eigenvalue weighted by Crippen LogP contribution is -2.50. The summed E-state index contributed by atoms with van der Waals surface area (Å²) in [7, 11) is 0. The third kappa shape index (κ3) is 4.82. The van der Waals surface area contributed by atoms with Crippen LogP contribution in [0.2, 0.25) is 0 Å². The number of hydrogen-bond acceptors (Lipinski definition) is 4. The van der Waals surface area contributed by atoms with Crippen LogP contribution >= 0.6 is 15.9 Å². The molecule has 0 radical (unpaired) electrons. The highest BCUT2D eigenvalue weighted by Gasteiger charge is 2.43. The van der Waals surface area contributed by atoms with Crippen LogP contribution in [0.4, 0.5) is 13.2 Å². The van der Waals surface area contributed by atoms with E-state index in [-0.39, 0.29) is 57.3 Å². The van der Waals surface area contributed by atoms with Crippen molar-refractivity contribution in [2.45, 2.75) is 37.9 Å². The molecule has 0 aliphatic carbocycles. The van der Waals surface area contributed by atoms with Crippen molar-refractivity contribution >= 4 is 39.6 Å². The average molecular weight is 490 g/mol. The lowest BCUT2D eigenvalue weighted by atomic mass is 10.0. The van der Waals surface area contributed by atoms with Gasteiger partial charge in [-0.15, -0.1) is 0 Å². The minimum Gasteiger partial charge on any atom is -0.353 e. The van der Waals surface area contributed by atoms with Crippen molar-refractivity contribution in [1.82, 2.24) is 15.1 Å². The van der Waals surface area contributed by atoms with Gasteiger partial charge in [0.25, 0.3) is 11.8 Å². The molecule has 0 bridgehead atoms. The van der Waals surface area contributed by atoms with Crippen molar-refractivity contribution in [2.24, 2.45) is 0 Å². The fourth-order valence-electron chi connectivity index (χ4n) is 3.57. The van der Waals surface area contributed by atoms with Crippen molar-refractivity contribution in [3.63, 3.8) is 0 Å². The molecule has 0 aromatic heterocycles. The van der Waals surface area contributed by atoms with E-state index in [9.17, 15) is 32.3 Å². The Balaban J connectivity index is 1.42. The summed E-state index contributed by atoms with van der Waals surface area (Å²) in [5.41, 5.74) is 0.645. The SMILES string of the molecule is O=C(CCCN1C(=O)c2ccc(Br)cc2C1=O)NC1CCN(C(=O)C(F)(F)F)CC1. The number of likely N-dealkylation sites (tertiary alicyclic amines) is 1. The number of imide groups is 1. The molecule has 7 nitrogen and oxygen atoms in total. The summed E-state index contributed by atoms with van der Waals surface area (Å²) in [6, 6.07) is 4.51. The third-order valence-corrected chi connectivity index (χ3v) is 5.60. The first kappa shape index (κ1) is 22.3. The molecule has 162 valence electrons. The van der Waals surface area contributed by atoms with Gasteiger partial charge in [0.05, 0.1) is 11.1 Å². The summed E-state index contributed by atoms with van der Waals surface area (Å²) < 4.78 is 38.1. The molecule has 1 aromatic carbocycles. The van der Waals surface area contributed by atoms with E-state index in [4.69, 9.17) is 0 Å². The predicted molar refractivity (Wildman–Crippen MR) is 103 cm³/mol. The van der Waals surface area contributed by atoms with Gasteiger partial charge in [-0.25, -0.2) is 0 Å². The minimum absolute atomic E-state index is 0.0682. The molecule has 4 amide bonds. The molecule has 2 aliphatic heterocycles. The second kappa shape index (κ2) is 8.75. The number of alkyl halides is 3. The zero-order valence-electron chi connectivity index (χ0n) is 15.8. The molecule has 0 atom stereocenters. The molecule has 1 N–H and O–H groups in total. The number of piperidine rings is 1. The normalized spacial score (nSPS) is 17.3. The van der Waals surface area contributed by atoms with Gasteiger partial charge in [-0.3, -0.25) is 24.1 Å². The predicted octanol–water partition coefficient (Wildman–Crippen LogP) is 2.49. The molecule has 1 saturated heterocycles. The number of fused-ring (bicyclic) bond motifs is 1. The molecule has 11 heteroatoms. The van der Waals surface area contributed by atoms with Gasteiger partial charge >= 0.3 is 12.1 Å². The Morgan fingerprint density at radius 1 is 1.10 bits per heavy atom. The highest BCUT2D eigenvalue weighted by Crippen LogP contribution is 2.26. The van der Waals surface area contributed by atoms with Crippen LogP contribution in [-0.2, 0) is 9.59 Å². The second-order valence-electron chi connectivity index (χ2n) is 7.19. The van der Waals surface area contributed by atoms with E-state index < -0.39 is 23.9 Å². The molecule has 0 unspecified atom stereocenters. The molecule has 0 spiro atoms. The van der Waals surface area contributed by atoms with E-state index >= 15 is 0 Å². The number of rotatable bonds is 5. The third-order valence-electron chi connectivity index (χ3n) is 5.11. The molecule has 1 aromatic rings. The topological polar surface area (TPSA) is 86.8 Å². The largest absolute Gasteiger partial charge is 0.471 e. The Morgan fingerprint density at radius 3 is 2.37 bits per heavy atom. The van der Waals surface area contributed by atoms with E-state index in [1.165, 1.54) is 0 Å². The Hall–Kier alpha value is -2.43. The van der Waals surface area contributed by atoms with E-state index in [0.29, 0.717) is 15.6 Å². The number of nitrogens with zero attached hydrogens (tertiary/aromatic N) is 2. The van der Waals surface area contributed by atoms with E-state index in [1.807, 2.05) is 0 Å². The maximum absolute atomic E-state index is 12.5.